The van der Waals surface area contributed by atoms with Crippen LogP contribution in [0.15, 0.2) is 53.5 Å². The molecule has 0 atom stereocenters. The first-order chi connectivity index (χ1) is 17.2. The van der Waals surface area contributed by atoms with Crippen molar-refractivity contribution in [3.05, 3.63) is 59.7 Å². The number of carbonyl (C=O) groups excluding carboxylic acids is 1. The van der Waals surface area contributed by atoms with E-state index in [-0.39, 0.29) is 12.5 Å². The standard InChI is InChI=1S/C27H28N6O2/c34-26(30-21-8-9-21)17-35-23-5-3-4-18(13-23)24-14-25(32-27(31-24)33-10-1-2-11-33)29-22-7-6-19-15-28-16-20(19)12-22/h3-7,12-14,16,21H,1-2,8-11,15,17H2,(H,30,34)(H,29,31,32). The van der Waals surface area contributed by atoms with Crippen LogP contribution in [0.2, 0.25) is 0 Å². The van der Waals surface area contributed by atoms with Crippen LogP contribution in [-0.2, 0) is 11.3 Å². The lowest BCUT2D eigenvalue weighted by atomic mass is 10.1. The first-order valence-electron chi connectivity index (χ1n) is 12.3. The SMILES string of the molecule is O=C(COc1cccc(-c2cc(Nc3ccc4c(c3)C=NC4)nc(N3CCCC3)n2)c1)NC1CC1. The smallest absolute Gasteiger partial charge is 0.258 e. The summed E-state index contributed by atoms with van der Waals surface area (Å²) in [5.41, 5.74) is 5.06. The molecule has 3 heterocycles. The highest BCUT2D eigenvalue weighted by molar-refractivity contribution is 5.86. The molecule has 2 N–H and O–H groups in total. The highest BCUT2D eigenvalue weighted by atomic mass is 16.5. The minimum Gasteiger partial charge on any atom is -0.484 e. The van der Waals surface area contributed by atoms with Gasteiger partial charge in [0.1, 0.15) is 11.6 Å². The van der Waals surface area contributed by atoms with Crippen LogP contribution < -0.4 is 20.3 Å². The lowest BCUT2D eigenvalue weighted by Gasteiger charge is -2.18. The van der Waals surface area contributed by atoms with E-state index in [1.165, 1.54) is 5.56 Å². The van der Waals surface area contributed by atoms with E-state index in [1.54, 1.807) is 0 Å². The first kappa shape index (κ1) is 21.6. The number of carbonyl (C=O) groups is 1. The number of amides is 1. The molecule has 1 saturated carbocycles. The van der Waals surface area contributed by atoms with Gasteiger partial charge in [-0.1, -0.05) is 18.2 Å². The molecule has 1 aromatic heterocycles. The molecule has 0 spiro atoms. The Hall–Kier alpha value is -3.94. The number of rotatable bonds is 8. The molecule has 8 nitrogen and oxygen atoms in total. The topological polar surface area (TPSA) is 91.7 Å². The number of anilines is 3. The highest BCUT2D eigenvalue weighted by Crippen LogP contribution is 2.29. The fourth-order valence-electron chi connectivity index (χ4n) is 4.42. The summed E-state index contributed by atoms with van der Waals surface area (Å²) in [6.07, 6.45) is 6.32. The third-order valence-electron chi connectivity index (χ3n) is 6.46. The van der Waals surface area contributed by atoms with Crippen molar-refractivity contribution >= 4 is 29.6 Å². The molecule has 178 valence electrons. The molecular weight excluding hydrogens is 440 g/mol. The third kappa shape index (κ3) is 5.11. The predicted molar refractivity (Wildman–Crippen MR) is 137 cm³/mol. The fraction of sp³-hybridized carbons (Fsp3) is 0.333. The van der Waals surface area contributed by atoms with Crippen LogP contribution in [0.25, 0.3) is 11.3 Å². The molecule has 0 unspecified atom stereocenters. The van der Waals surface area contributed by atoms with E-state index in [9.17, 15) is 4.79 Å². The van der Waals surface area contributed by atoms with Crippen LogP contribution in [0.4, 0.5) is 17.5 Å². The summed E-state index contributed by atoms with van der Waals surface area (Å²) in [7, 11) is 0. The maximum atomic E-state index is 12.0. The molecule has 0 radical (unpaired) electrons. The summed E-state index contributed by atoms with van der Waals surface area (Å²) in [6, 6.07) is 16.3. The number of aliphatic imine (C=N–C) groups is 1. The number of nitrogens with one attached hydrogen (secondary N) is 2. The normalized spacial score (nSPS) is 16.3. The average Bonchev–Trinajstić information content (AvgIpc) is 3.32. The van der Waals surface area contributed by atoms with Gasteiger partial charge in [-0.3, -0.25) is 9.79 Å². The van der Waals surface area contributed by atoms with Crippen LogP contribution in [0.3, 0.4) is 0 Å². The van der Waals surface area contributed by atoms with Gasteiger partial charge in [-0.25, -0.2) is 4.98 Å². The first-order valence-corrected chi connectivity index (χ1v) is 12.3. The second-order valence-electron chi connectivity index (χ2n) is 9.30. The number of fused-ring (bicyclic) bond motifs is 1. The molecule has 3 aromatic rings. The van der Waals surface area contributed by atoms with E-state index in [0.29, 0.717) is 11.8 Å². The maximum absolute atomic E-state index is 12.0. The Morgan fingerprint density at radius 3 is 2.80 bits per heavy atom. The van der Waals surface area contributed by atoms with Gasteiger partial charge in [0, 0.05) is 42.7 Å². The molecule has 2 fully saturated rings. The van der Waals surface area contributed by atoms with Gasteiger partial charge in [0.25, 0.3) is 5.91 Å². The van der Waals surface area contributed by atoms with Crippen LogP contribution in [0, 0.1) is 0 Å². The van der Waals surface area contributed by atoms with Crippen molar-refractivity contribution in [3.8, 4) is 17.0 Å². The number of benzene rings is 2. The zero-order valence-corrected chi connectivity index (χ0v) is 19.5. The van der Waals surface area contributed by atoms with E-state index >= 15 is 0 Å². The highest BCUT2D eigenvalue weighted by Gasteiger charge is 2.23. The Bertz CT molecular complexity index is 1280. The molecule has 1 saturated heterocycles. The van der Waals surface area contributed by atoms with Gasteiger partial charge in [-0.15, -0.1) is 0 Å². The van der Waals surface area contributed by atoms with Gasteiger partial charge in [0.05, 0.1) is 12.2 Å². The zero-order valence-electron chi connectivity index (χ0n) is 19.5. The summed E-state index contributed by atoms with van der Waals surface area (Å²) >= 11 is 0. The van der Waals surface area contributed by atoms with Gasteiger partial charge in [0.2, 0.25) is 5.95 Å². The molecule has 1 amide bonds. The van der Waals surface area contributed by atoms with Crippen molar-refractivity contribution in [2.24, 2.45) is 4.99 Å². The van der Waals surface area contributed by atoms with Crippen molar-refractivity contribution < 1.29 is 9.53 Å². The van der Waals surface area contributed by atoms with Crippen LogP contribution in [-0.4, -0.2) is 47.8 Å². The minimum absolute atomic E-state index is 0.0111. The Kier molecular flexibility index (Phi) is 5.78. The molecule has 8 heteroatoms. The zero-order chi connectivity index (χ0) is 23.6. The molecule has 3 aliphatic rings. The van der Waals surface area contributed by atoms with Crippen molar-refractivity contribution in [1.82, 2.24) is 15.3 Å². The summed E-state index contributed by atoms with van der Waals surface area (Å²) in [5.74, 6) is 2.02. The van der Waals surface area contributed by atoms with E-state index in [4.69, 9.17) is 14.7 Å². The van der Waals surface area contributed by atoms with Crippen LogP contribution in [0.5, 0.6) is 5.75 Å². The Morgan fingerprint density at radius 1 is 1.06 bits per heavy atom. The van der Waals surface area contributed by atoms with E-state index in [2.05, 4.69) is 38.7 Å². The molecule has 2 aliphatic heterocycles. The summed E-state index contributed by atoms with van der Waals surface area (Å²) in [6.45, 7) is 2.67. The number of hydrogen-bond donors (Lipinski definition) is 2. The third-order valence-corrected chi connectivity index (χ3v) is 6.46. The molecule has 6 rings (SSSR count). The maximum Gasteiger partial charge on any atom is 0.258 e. The lowest BCUT2D eigenvalue weighted by molar-refractivity contribution is -0.123. The van der Waals surface area contributed by atoms with Crippen LogP contribution in [0.1, 0.15) is 36.8 Å². The van der Waals surface area contributed by atoms with Gasteiger partial charge < -0.3 is 20.3 Å². The molecular formula is C27H28N6O2. The fourth-order valence-corrected chi connectivity index (χ4v) is 4.42. The van der Waals surface area contributed by atoms with Crippen molar-refractivity contribution in [3.63, 3.8) is 0 Å². The van der Waals surface area contributed by atoms with Crippen molar-refractivity contribution in [2.45, 2.75) is 38.3 Å². The largest absolute Gasteiger partial charge is 0.484 e. The molecule has 0 bridgehead atoms. The van der Waals surface area contributed by atoms with E-state index < -0.39 is 0 Å². The lowest BCUT2D eigenvalue weighted by Crippen LogP contribution is -2.30. The number of hydrogen-bond acceptors (Lipinski definition) is 7. The van der Waals surface area contributed by atoms with Gasteiger partial charge in [-0.2, -0.15) is 4.98 Å². The van der Waals surface area contributed by atoms with Gasteiger partial charge >= 0.3 is 0 Å². The monoisotopic (exact) mass is 468 g/mol. The van der Waals surface area contributed by atoms with E-state index in [0.717, 1.165) is 79.6 Å². The Balaban J connectivity index is 1.26. The second-order valence-corrected chi connectivity index (χ2v) is 9.30. The number of aromatic nitrogens is 2. The summed E-state index contributed by atoms with van der Waals surface area (Å²) in [4.78, 5) is 28.3. The Labute approximate surface area is 204 Å². The molecule has 2 aromatic carbocycles. The van der Waals surface area contributed by atoms with E-state index in [1.807, 2.05) is 36.5 Å². The van der Waals surface area contributed by atoms with Gasteiger partial charge in [0.15, 0.2) is 6.61 Å². The van der Waals surface area contributed by atoms with Crippen molar-refractivity contribution in [2.75, 3.05) is 29.9 Å². The summed E-state index contributed by atoms with van der Waals surface area (Å²) in [5, 5.41) is 6.41. The average molecular weight is 469 g/mol. The minimum atomic E-state index is -0.0814. The quantitative estimate of drug-likeness (QED) is 0.518. The van der Waals surface area contributed by atoms with Crippen LogP contribution >= 0.6 is 0 Å². The summed E-state index contributed by atoms with van der Waals surface area (Å²) < 4.78 is 5.76. The number of nitrogens with zero attached hydrogens (tertiary/aromatic N) is 4. The molecule has 1 aliphatic carbocycles. The van der Waals surface area contributed by atoms with Crippen molar-refractivity contribution in [1.29, 1.82) is 0 Å². The molecule has 35 heavy (non-hydrogen) atoms. The predicted octanol–water partition coefficient (Wildman–Crippen LogP) is 4.08. The van der Waals surface area contributed by atoms with Gasteiger partial charge in [-0.05, 0) is 61.1 Å². The number of ether oxygens (including phenoxy) is 1. The Morgan fingerprint density at radius 2 is 1.94 bits per heavy atom. The second kappa shape index (κ2) is 9.37.